The molecule has 1 amide bonds. The van der Waals surface area contributed by atoms with Gasteiger partial charge in [0, 0.05) is 5.02 Å². The molecule has 0 bridgehead atoms. The number of halogens is 1. The fraction of sp³-hybridized carbons (Fsp3) is 0.208. The maximum atomic E-state index is 12.7. The van der Waals surface area contributed by atoms with Gasteiger partial charge < -0.3 is 9.73 Å². The smallest absolute Gasteiger partial charge is 0.230 e. The van der Waals surface area contributed by atoms with Crippen LogP contribution in [-0.2, 0) is 17.8 Å². The number of amides is 1. The summed E-state index contributed by atoms with van der Waals surface area (Å²) in [7, 11) is 0. The van der Waals surface area contributed by atoms with Gasteiger partial charge >= 0.3 is 0 Å². The van der Waals surface area contributed by atoms with Gasteiger partial charge in [0.05, 0.1) is 24.6 Å². The van der Waals surface area contributed by atoms with Crippen molar-refractivity contribution in [1.82, 2.24) is 20.1 Å². The molecule has 0 spiro atoms. The van der Waals surface area contributed by atoms with Crippen LogP contribution in [0, 0.1) is 0 Å². The molecule has 0 radical (unpaired) electrons. The van der Waals surface area contributed by atoms with E-state index in [9.17, 15) is 4.79 Å². The van der Waals surface area contributed by atoms with Crippen LogP contribution in [0.5, 0.6) is 0 Å². The number of fused-ring (bicyclic) bond motifs is 1. The Morgan fingerprint density at radius 3 is 2.84 bits per heavy atom. The minimum atomic E-state index is -0.0309. The molecule has 2 aromatic carbocycles. The number of carbonyl (C=O) groups is 1. The zero-order valence-corrected chi connectivity index (χ0v) is 18.8. The number of aryl methyl sites for hydroxylation is 1. The second-order valence-electron chi connectivity index (χ2n) is 7.65. The number of hydrogen-bond donors (Lipinski definition) is 1. The van der Waals surface area contributed by atoms with Crippen molar-refractivity contribution in [1.29, 1.82) is 0 Å². The van der Waals surface area contributed by atoms with Crippen LogP contribution in [0.1, 0.15) is 29.2 Å². The molecule has 8 heteroatoms. The number of benzene rings is 2. The molecule has 162 valence electrons. The average molecular weight is 465 g/mol. The van der Waals surface area contributed by atoms with Crippen molar-refractivity contribution in [2.75, 3.05) is 5.75 Å². The summed E-state index contributed by atoms with van der Waals surface area (Å²) in [6, 6.07) is 19.7. The van der Waals surface area contributed by atoms with E-state index in [1.807, 2.05) is 53.1 Å². The van der Waals surface area contributed by atoms with Crippen molar-refractivity contribution in [2.45, 2.75) is 30.6 Å². The molecule has 5 rings (SSSR count). The summed E-state index contributed by atoms with van der Waals surface area (Å²) in [4.78, 5) is 12.7. The van der Waals surface area contributed by atoms with Gasteiger partial charge in [0.25, 0.3) is 0 Å². The summed E-state index contributed by atoms with van der Waals surface area (Å²) >= 11 is 7.47. The molecule has 4 aromatic rings. The Morgan fingerprint density at radius 1 is 1.16 bits per heavy atom. The lowest BCUT2D eigenvalue weighted by molar-refractivity contribution is -0.119. The molecule has 0 saturated carbocycles. The summed E-state index contributed by atoms with van der Waals surface area (Å²) in [5, 5.41) is 13.2. The summed E-state index contributed by atoms with van der Waals surface area (Å²) < 4.78 is 7.53. The first-order valence-electron chi connectivity index (χ1n) is 10.4. The van der Waals surface area contributed by atoms with Gasteiger partial charge in [-0.25, -0.2) is 0 Å². The highest BCUT2D eigenvalue weighted by atomic mass is 35.5. The van der Waals surface area contributed by atoms with Crippen LogP contribution in [0.15, 0.2) is 76.5 Å². The predicted octanol–water partition coefficient (Wildman–Crippen LogP) is 5.14. The number of thioether (sulfide) groups is 1. The van der Waals surface area contributed by atoms with E-state index < -0.39 is 0 Å². The van der Waals surface area contributed by atoms with Gasteiger partial charge in [-0.2, -0.15) is 0 Å². The van der Waals surface area contributed by atoms with Crippen LogP contribution in [0.4, 0.5) is 0 Å². The number of carbonyl (C=O) groups excluding carboxylic acids is 1. The molecule has 0 saturated heterocycles. The van der Waals surface area contributed by atoms with Gasteiger partial charge in [0.15, 0.2) is 10.9 Å². The molecular formula is C24H21ClN4O2S. The molecule has 2 aromatic heterocycles. The topological polar surface area (TPSA) is 73.0 Å². The fourth-order valence-corrected chi connectivity index (χ4v) is 4.94. The monoisotopic (exact) mass is 464 g/mol. The van der Waals surface area contributed by atoms with Crippen LogP contribution in [0.3, 0.4) is 0 Å². The van der Waals surface area contributed by atoms with E-state index in [2.05, 4.69) is 27.6 Å². The van der Waals surface area contributed by atoms with Crippen molar-refractivity contribution in [3.8, 4) is 11.6 Å². The standard InChI is InChI=1S/C24H21ClN4O2S/c25-18-9-10-19-17(13-18)8-11-20(19)26-22(30)15-32-24-28-27-23(21-7-4-12-31-21)29(24)14-16-5-2-1-3-6-16/h1-7,9-10,12-13,20H,8,11,14-15H2,(H,26,30). The van der Waals surface area contributed by atoms with E-state index in [0.717, 1.165) is 29.0 Å². The zero-order chi connectivity index (χ0) is 21.9. The molecule has 1 aliphatic rings. The highest BCUT2D eigenvalue weighted by Gasteiger charge is 2.24. The molecule has 32 heavy (non-hydrogen) atoms. The summed E-state index contributed by atoms with van der Waals surface area (Å²) in [5.41, 5.74) is 3.48. The van der Waals surface area contributed by atoms with Crippen LogP contribution < -0.4 is 5.32 Å². The van der Waals surface area contributed by atoms with E-state index >= 15 is 0 Å². The van der Waals surface area contributed by atoms with Crippen molar-refractivity contribution >= 4 is 29.3 Å². The maximum absolute atomic E-state index is 12.7. The molecule has 1 unspecified atom stereocenters. The normalized spacial score (nSPS) is 15.0. The van der Waals surface area contributed by atoms with Crippen molar-refractivity contribution < 1.29 is 9.21 Å². The highest BCUT2D eigenvalue weighted by molar-refractivity contribution is 7.99. The van der Waals surface area contributed by atoms with Gasteiger partial charge in [-0.05, 0) is 53.8 Å². The van der Waals surface area contributed by atoms with E-state index in [-0.39, 0.29) is 17.7 Å². The van der Waals surface area contributed by atoms with Crippen molar-refractivity contribution in [2.24, 2.45) is 0 Å². The van der Waals surface area contributed by atoms with Gasteiger partial charge in [0.1, 0.15) is 0 Å². The van der Waals surface area contributed by atoms with E-state index in [1.165, 1.54) is 17.3 Å². The molecule has 1 atom stereocenters. The third-order valence-electron chi connectivity index (χ3n) is 5.49. The zero-order valence-electron chi connectivity index (χ0n) is 17.2. The summed E-state index contributed by atoms with van der Waals surface area (Å²) in [5.74, 6) is 1.51. The number of nitrogens with zero attached hydrogens (tertiary/aromatic N) is 3. The number of nitrogens with one attached hydrogen (secondary N) is 1. The average Bonchev–Trinajstić information content (AvgIpc) is 3.54. The first kappa shape index (κ1) is 20.8. The Kier molecular flexibility index (Phi) is 6.01. The van der Waals surface area contributed by atoms with Gasteiger partial charge in [-0.1, -0.05) is 59.8 Å². The quantitative estimate of drug-likeness (QED) is 0.383. The SMILES string of the molecule is O=C(CSc1nnc(-c2ccco2)n1Cc1ccccc1)NC1CCc2cc(Cl)ccc21. The fourth-order valence-electron chi connectivity index (χ4n) is 3.99. The lowest BCUT2D eigenvalue weighted by Crippen LogP contribution is -2.28. The predicted molar refractivity (Wildman–Crippen MR) is 125 cm³/mol. The Bertz CT molecular complexity index is 1220. The summed E-state index contributed by atoms with van der Waals surface area (Å²) in [6.07, 6.45) is 3.43. The second kappa shape index (κ2) is 9.22. The lowest BCUT2D eigenvalue weighted by Gasteiger charge is -2.14. The minimum absolute atomic E-state index is 0.0243. The van der Waals surface area contributed by atoms with E-state index in [4.69, 9.17) is 16.0 Å². The summed E-state index contributed by atoms with van der Waals surface area (Å²) in [6.45, 7) is 0.588. The van der Waals surface area contributed by atoms with Crippen LogP contribution in [-0.4, -0.2) is 26.4 Å². The number of aromatic nitrogens is 3. The van der Waals surface area contributed by atoms with E-state index in [0.29, 0.717) is 23.3 Å². The van der Waals surface area contributed by atoms with Crippen molar-refractivity contribution in [3.05, 3.63) is 88.6 Å². The molecule has 0 aliphatic heterocycles. The Labute approximate surface area is 195 Å². The van der Waals surface area contributed by atoms with Crippen LogP contribution in [0.25, 0.3) is 11.6 Å². The first-order valence-corrected chi connectivity index (χ1v) is 11.8. The van der Waals surface area contributed by atoms with Gasteiger partial charge in [-0.15, -0.1) is 10.2 Å². The van der Waals surface area contributed by atoms with Crippen LogP contribution in [0.2, 0.25) is 5.02 Å². The minimum Gasteiger partial charge on any atom is -0.461 e. The molecule has 1 N–H and O–H groups in total. The second-order valence-corrected chi connectivity index (χ2v) is 9.02. The van der Waals surface area contributed by atoms with Gasteiger partial charge in [0.2, 0.25) is 11.7 Å². The lowest BCUT2D eigenvalue weighted by atomic mass is 10.1. The third kappa shape index (κ3) is 4.45. The largest absolute Gasteiger partial charge is 0.461 e. The molecule has 1 aliphatic carbocycles. The maximum Gasteiger partial charge on any atom is 0.230 e. The number of hydrogen-bond acceptors (Lipinski definition) is 5. The number of rotatable bonds is 7. The molecule has 0 fully saturated rings. The van der Waals surface area contributed by atoms with Crippen LogP contribution >= 0.6 is 23.4 Å². The van der Waals surface area contributed by atoms with E-state index in [1.54, 1.807) is 6.26 Å². The first-order chi connectivity index (χ1) is 15.7. The third-order valence-corrected chi connectivity index (χ3v) is 6.69. The number of furan rings is 1. The Balaban J connectivity index is 1.30. The highest BCUT2D eigenvalue weighted by Crippen LogP contribution is 2.33. The molecular weight excluding hydrogens is 444 g/mol. The Morgan fingerprint density at radius 2 is 2.03 bits per heavy atom. The molecule has 6 nitrogen and oxygen atoms in total. The molecule has 2 heterocycles. The van der Waals surface area contributed by atoms with Crippen molar-refractivity contribution in [3.63, 3.8) is 0 Å². The van der Waals surface area contributed by atoms with Gasteiger partial charge in [-0.3, -0.25) is 9.36 Å². The Hall–Kier alpha value is -3.03.